The molecule has 23 heavy (non-hydrogen) atoms. The van der Waals surface area contributed by atoms with Crippen molar-refractivity contribution >= 4 is 5.91 Å². The van der Waals surface area contributed by atoms with Crippen molar-refractivity contribution in [2.45, 2.75) is 31.1 Å². The minimum atomic E-state index is -4.41. The third-order valence-corrected chi connectivity index (χ3v) is 3.22. The van der Waals surface area contributed by atoms with Crippen LogP contribution in [0.25, 0.3) is 0 Å². The lowest BCUT2D eigenvalue weighted by atomic mass is 10.1. The fraction of sp³-hybridized carbons (Fsp3) is 0.500. The molecule has 4 nitrogen and oxygen atoms in total. The highest BCUT2D eigenvalue weighted by atomic mass is 19.4. The minimum Gasteiger partial charge on any atom is -0.484 e. The van der Waals surface area contributed by atoms with E-state index < -0.39 is 43.6 Å². The van der Waals surface area contributed by atoms with Crippen molar-refractivity contribution < 1.29 is 31.5 Å². The lowest BCUT2D eigenvalue weighted by Crippen LogP contribution is -2.40. The van der Waals surface area contributed by atoms with Gasteiger partial charge in [0.25, 0.3) is 5.92 Å². The molecular formula is C14H15F5N2O2. The SMILES string of the molecule is O=C(NCc1ccc(OCC(F)(F)F)cc1)C1CC(F)(F)CN1. The van der Waals surface area contributed by atoms with Crippen molar-refractivity contribution in [2.75, 3.05) is 13.2 Å². The summed E-state index contributed by atoms with van der Waals surface area (Å²) in [4.78, 5) is 11.7. The van der Waals surface area contributed by atoms with Gasteiger partial charge in [0.15, 0.2) is 6.61 Å². The van der Waals surface area contributed by atoms with Crippen molar-refractivity contribution in [1.29, 1.82) is 0 Å². The molecule has 2 rings (SSSR count). The molecule has 1 aromatic rings. The van der Waals surface area contributed by atoms with E-state index in [-0.39, 0.29) is 12.3 Å². The van der Waals surface area contributed by atoms with Crippen LogP contribution in [0, 0.1) is 0 Å². The first-order valence-corrected chi connectivity index (χ1v) is 6.82. The standard InChI is InChI=1S/C14H15F5N2O2/c15-13(16)5-11(21-7-13)12(22)20-6-9-1-3-10(4-2-9)23-8-14(17,18)19/h1-4,11,21H,5-8H2,(H,20,22). The summed E-state index contributed by atoms with van der Waals surface area (Å²) in [7, 11) is 0. The van der Waals surface area contributed by atoms with Gasteiger partial charge in [-0.05, 0) is 17.7 Å². The fourth-order valence-corrected chi connectivity index (χ4v) is 2.08. The average Bonchev–Trinajstić information content (AvgIpc) is 2.83. The molecule has 1 aliphatic rings. The van der Waals surface area contributed by atoms with Crippen molar-refractivity contribution in [3.05, 3.63) is 29.8 Å². The lowest BCUT2D eigenvalue weighted by molar-refractivity contribution is -0.153. The van der Waals surface area contributed by atoms with Crippen molar-refractivity contribution in [2.24, 2.45) is 0 Å². The van der Waals surface area contributed by atoms with Gasteiger partial charge in [-0.2, -0.15) is 13.2 Å². The van der Waals surface area contributed by atoms with Gasteiger partial charge in [0.2, 0.25) is 5.91 Å². The first-order valence-electron chi connectivity index (χ1n) is 6.82. The Labute approximate surface area is 129 Å². The number of amides is 1. The largest absolute Gasteiger partial charge is 0.484 e. The highest BCUT2D eigenvalue weighted by molar-refractivity contribution is 5.82. The van der Waals surface area contributed by atoms with E-state index in [0.717, 1.165) is 0 Å². The molecule has 1 atom stereocenters. The van der Waals surface area contributed by atoms with Crippen LogP contribution in [0.15, 0.2) is 24.3 Å². The fourth-order valence-electron chi connectivity index (χ4n) is 2.08. The Balaban J connectivity index is 1.79. The number of carbonyl (C=O) groups is 1. The second-order valence-corrected chi connectivity index (χ2v) is 5.26. The first-order chi connectivity index (χ1) is 10.6. The highest BCUT2D eigenvalue weighted by Crippen LogP contribution is 2.25. The van der Waals surface area contributed by atoms with Crippen molar-refractivity contribution in [1.82, 2.24) is 10.6 Å². The van der Waals surface area contributed by atoms with Gasteiger partial charge in [-0.15, -0.1) is 0 Å². The number of alkyl halides is 5. The van der Waals surface area contributed by atoms with Crippen LogP contribution in [0.4, 0.5) is 22.0 Å². The van der Waals surface area contributed by atoms with Gasteiger partial charge in [-0.25, -0.2) is 8.78 Å². The topological polar surface area (TPSA) is 50.4 Å². The number of ether oxygens (including phenoxy) is 1. The Kier molecular flexibility index (Phi) is 5.08. The van der Waals surface area contributed by atoms with Crippen LogP contribution in [-0.4, -0.2) is 37.2 Å². The number of halogens is 5. The van der Waals surface area contributed by atoms with E-state index in [0.29, 0.717) is 5.56 Å². The van der Waals surface area contributed by atoms with Crippen LogP contribution < -0.4 is 15.4 Å². The first kappa shape index (κ1) is 17.5. The number of rotatable bonds is 5. The summed E-state index contributed by atoms with van der Waals surface area (Å²) in [5, 5.41) is 4.93. The van der Waals surface area contributed by atoms with E-state index >= 15 is 0 Å². The zero-order valence-electron chi connectivity index (χ0n) is 11.9. The molecule has 1 heterocycles. The summed E-state index contributed by atoms with van der Waals surface area (Å²) in [6.07, 6.45) is -4.97. The third kappa shape index (κ3) is 5.66. The van der Waals surface area contributed by atoms with Crippen LogP contribution in [0.3, 0.4) is 0 Å². The molecule has 1 saturated heterocycles. The van der Waals surface area contributed by atoms with E-state index in [4.69, 9.17) is 0 Å². The molecule has 1 aliphatic heterocycles. The van der Waals surface area contributed by atoms with Gasteiger partial charge in [-0.3, -0.25) is 10.1 Å². The molecule has 1 unspecified atom stereocenters. The zero-order chi connectivity index (χ0) is 17.1. The maximum Gasteiger partial charge on any atom is 0.422 e. The number of benzene rings is 1. The Morgan fingerprint density at radius 3 is 2.48 bits per heavy atom. The van der Waals surface area contributed by atoms with Gasteiger partial charge in [0, 0.05) is 13.0 Å². The summed E-state index contributed by atoms with van der Waals surface area (Å²) >= 11 is 0. The van der Waals surface area contributed by atoms with Gasteiger partial charge >= 0.3 is 6.18 Å². The summed E-state index contributed by atoms with van der Waals surface area (Å²) in [6, 6.07) is 4.72. The quantitative estimate of drug-likeness (QED) is 0.810. The van der Waals surface area contributed by atoms with Crippen LogP contribution >= 0.6 is 0 Å². The molecule has 0 aliphatic carbocycles. The summed E-state index contributed by atoms with van der Waals surface area (Å²) in [5.41, 5.74) is 0.613. The molecule has 0 aromatic heterocycles. The van der Waals surface area contributed by atoms with E-state index in [1.807, 2.05) is 0 Å². The molecule has 1 amide bonds. The third-order valence-electron chi connectivity index (χ3n) is 3.22. The van der Waals surface area contributed by atoms with Crippen LogP contribution in [0.5, 0.6) is 5.75 Å². The summed E-state index contributed by atoms with van der Waals surface area (Å²) < 4.78 is 66.5. The Morgan fingerprint density at radius 2 is 1.96 bits per heavy atom. The monoisotopic (exact) mass is 338 g/mol. The Morgan fingerprint density at radius 1 is 1.30 bits per heavy atom. The molecule has 1 fully saturated rings. The number of carbonyl (C=O) groups excluding carboxylic acids is 1. The second kappa shape index (κ2) is 6.69. The van der Waals surface area contributed by atoms with Crippen LogP contribution in [0.1, 0.15) is 12.0 Å². The van der Waals surface area contributed by atoms with Crippen LogP contribution in [-0.2, 0) is 11.3 Å². The smallest absolute Gasteiger partial charge is 0.422 e. The van der Waals surface area contributed by atoms with Gasteiger partial charge in [0.1, 0.15) is 5.75 Å². The Bertz CT molecular complexity index is 545. The minimum absolute atomic E-state index is 0.0505. The Hall–Kier alpha value is -1.90. The average molecular weight is 338 g/mol. The molecule has 0 spiro atoms. The lowest BCUT2D eigenvalue weighted by Gasteiger charge is -2.12. The maximum atomic E-state index is 13.0. The summed E-state index contributed by atoms with van der Waals surface area (Å²) in [5.74, 6) is -3.38. The molecule has 0 radical (unpaired) electrons. The predicted molar refractivity (Wildman–Crippen MR) is 71.2 cm³/mol. The summed E-state index contributed by atoms with van der Waals surface area (Å²) in [6.45, 7) is -1.83. The molecule has 1 aromatic carbocycles. The van der Waals surface area contributed by atoms with E-state index in [1.54, 1.807) is 0 Å². The van der Waals surface area contributed by atoms with Gasteiger partial charge in [-0.1, -0.05) is 12.1 Å². The van der Waals surface area contributed by atoms with Crippen LogP contribution in [0.2, 0.25) is 0 Å². The molecule has 0 saturated carbocycles. The van der Waals surface area contributed by atoms with E-state index in [1.165, 1.54) is 24.3 Å². The molecular weight excluding hydrogens is 323 g/mol. The normalized spacial score (nSPS) is 20.3. The van der Waals surface area contributed by atoms with Gasteiger partial charge in [0.05, 0.1) is 12.6 Å². The maximum absolute atomic E-state index is 13.0. The van der Waals surface area contributed by atoms with Crippen molar-refractivity contribution in [3.63, 3.8) is 0 Å². The number of nitrogens with one attached hydrogen (secondary N) is 2. The molecule has 9 heteroatoms. The van der Waals surface area contributed by atoms with E-state index in [9.17, 15) is 26.7 Å². The van der Waals surface area contributed by atoms with Crippen molar-refractivity contribution in [3.8, 4) is 5.75 Å². The van der Waals surface area contributed by atoms with Gasteiger partial charge < -0.3 is 10.1 Å². The second-order valence-electron chi connectivity index (χ2n) is 5.26. The molecule has 128 valence electrons. The molecule has 0 bridgehead atoms. The highest BCUT2D eigenvalue weighted by Gasteiger charge is 2.42. The molecule has 2 N–H and O–H groups in total. The zero-order valence-corrected chi connectivity index (χ0v) is 11.9. The number of hydrogen-bond donors (Lipinski definition) is 2. The van der Waals surface area contributed by atoms with E-state index in [2.05, 4.69) is 15.4 Å². The number of hydrogen-bond acceptors (Lipinski definition) is 3. The predicted octanol–water partition coefficient (Wildman–Crippen LogP) is 2.24.